The van der Waals surface area contributed by atoms with Gasteiger partial charge in [0.25, 0.3) is 0 Å². The number of nitrogen functional groups attached to an aromatic ring is 1. The molecule has 1 aliphatic rings. The highest BCUT2D eigenvalue weighted by Crippen LogP contribution is 2.34. The molecule has 4 rings (SSSR count). The van der Waals surface area contributed by atoms with Crippen molar-refractivity contribution < 1.29 is 13.5 Å². The molecule has 9 heteroatoms. The standard InChI is InChI=1S/C22H22F2N6O/c1-13-18-9-16(24)2-3-17(18)22-28-6-7-30(22)12-15(10-25)20(27-5-4-23)14-8-19(31-13)21(26)29-11-14/h2-3,6-11,13H,4-5,12,25H2,1H3,(H2,26,29). The fourth-order valence-electron chi connectivity index (χ4n) is 3.61. The Morgan fingerprint density at radius 3 is 2.94 bits per heavy atom. The van der Waals surface area contributed by atoms with Crippen molar-refractivity contribution in [3.8, 4) is 17.1 Å². The zero-order valence-electron chi connectivity index (χ0n) is 16.9. The molecule has 0 aliphatic carbocycles. The van der Waals surface area contributed by atoms with Gasteiger partial charge in [-0.2, -0.15) is 0 Å². The summed E-state index contributed by atoms with van der Waals surface area (Å²) >= 11 is 0. The first-order valence-corrected chi connectivity index (χ1v) is 9.77. The van der Waals surface area contributed by atoms with Crippen LogP contribution in [0.2, 0.25) is 0 Å². The van der Waals surface area contributed by atoms with Gasteiger partial charge < -0.3 is 20.8 Å². The minimum Gasteiger partial charge on any atom is -0.482 e. The molecule has 2 bridgehead atoms. The van der Waals surface area contributed by atoms with Gasteiger partial charge >= 0.3 is 0 Å². The van der Waals surface area contributed by atoms with E-state index >= 15 is 0 Å². The quantitative estimate of drug-likeness (QED) is 0.656. The van der Waals surface area contributed by atoms with Crippen LogP contribution in [-0.4, -0.2) is 33.5 Å². The van der Waals surface area contributed by atoms with Crippen molar-refractivity contribution in [1.82, 2.24) is 14.5 Å². The number of ether oxygens (including phenoxy) is 1. The highest BCUT2D eigenvalue weighted by atomic mass is 19.1. The zero-order chi connectivity index (χ0) is 22.0. The minimum atomic E-state index is -0.612. The molecule has 1 aliphatic heterocycles. The zero-order valence-corrected chi connectivity index (χ0v) is 16.9. The summed E-state index contributed by atoms with van der Waals surface area (Å²) in [7, 11) is 0. The predicted octanol–water partition coefficient (Wildman–Crippen LogP) is 3.42. The summed E-state index contributed by atoms with van der Waals surface area (Å²) < 4.78 is 35.0. The van der Waals surface area contributed by atoms with Gasteiger partial charge in [0.05, 0.1) is 18.8 Å². The van der Waals surface area contributed by atoms with Crippen molar-refractivity contribution in [3.05, 3.63) is 71.6 Å². The summed E-state index contributed by atoms with van der Waals surface area (Å²) in [6, 6.07) is 6.15. The molecule has 1 unspecified atom stereocenters. The van der Waals surface area contributed by atoms with Gasteiger partial charge in [-0.3, -0.25) is 4.99 Å². The van der Waals surface area contributed by atoms with Crippen molar-refractivity contribution in [2.45, 2.75) is 19.6 Å². The van der Waals surface area contributed by atoms with Gasteiger partial charge in [0.15, 0.2) is 11.6 Å². The highest BCUT2D eigenvalue weighted by Gasteiger charge is 2.22. The number of fused-ring (bicyclic) bond motifs is 5. The predicted molar refractivity (Wildman–Crippen MR) is 115 cm³/mol. The van der Waals surface area contributed by atoms with Crippen molar-refractivity contribution >= 4 is 11.5 Å². The lowest BCUT2D eigenvalue weighted by molar-refractivity contribution is 0.227. The van der Waals surface area contributed by atoms with Crippen LogP contribution in [0.5, 0.6) is 5.75 Å². The third-order valence-electron chi connectivity index (χ3n) is 5.07. The number of hydrogen-bond acceptors (Lipinski definition) is 6. The van der Waals surface area contributed by atoms with Crippen molar-refractivity contribution in [2.24, 2.45) is 10.7 Å². The molecule has 0 saturated heterocycles. The maximum Gasteiger partial charge on any atom is 0.166 e. The van der Waals surface area contributed by atoms with Crippen LogP contribution in [-0.2, 0) is 6.54 Å². The fourth-order valence-corrected chi connectivity index (χ4v) is 3.61. The fraction of sp³-hybridized carbons (Fsp3) is 0.227. The van der Waals surface area contributed by atoms with Crippen LogP contribution in [0.4, 0.5) is 14.6 Å². The van der Waals surface area contributed by atoms with Crippen LogP contribution in [0, 0.1) is 5.82 Å². The van der Waals surface area contributed by atoms with Gasteiger partial charge in [0.1, 0.15) is 24.4 Å². The number of alkyl halides is 1. The smallest absolute Gasteiger partial charge is 0.166 e. The lowest BCUT2D eigenvalue weighted by Gasteiger charge is -2.22. The van der Waals surface area contributed by atoms with E-state index in [1.165, 1.54) is 18.3 Å². The molecule has 3 heterocycles. The molecule has 1 aromatic carbocycles. The summed E-state index contributed by atoms with van der Waals surface area (Å²) in [5.41, 5.74) is 15.0. The van der Waals surface area contributed by atoms with E-state index in [1.807, 2.05) is 4.57 Å². The average Bonchev–Trinajstić information content (AvgIpc) is 3.22. The van der Waals surface area contributed by atoms with E-state index in [1.54, 1.807) is 37.6 Å². The summed E-state index contributed by atoms with van der Waals surface area (Å²) in [5, 5.41) is 0. The number of nitrogens with zero attached hydrogens (tertiary/aromatic N) is 4. The molecule has 0 saturated carbocycles. The number of aromatic nitrogens is 3. The molecular formula is C22H22F2N6O. The average molecular weight is 424 g/mol. The van der Waals surface area contributed by atoms with Gasteiger partial charge in [0, 0.05) is 47.1 Å². The van der Waals surface area contributed by atoms with Gasteiger partial charge in [-0.05, 0) is 31.2 Å². The Hall–Kier alpha value is -3.75. The van der Waals surface area contributed by atoms with Crippen LogP contribution >= 0.6 is 0 Å². The number of hydrogen-bond donors (Lipinski definition) is 2. The van der Waals surface area contributed by atoms with Crippen LogP contribution < -0.4 is 16.2 Å². The largest absolute Gasteiger partial charge is 0.482 e. The van der Waals surface area contributed by atoms with Crippen LogP contribution in [0.25, 0.3) is 11.4 Å². The molecule has 3 aromatic rings. The first-order chi connectivity index (χ1) is 15.0. The number of nitrogens with two attached hydrogens (primary N) is 2. The van der Waals surface area contributed by atoms with Crippen LogP contribution in [0.15, 0.2) is 59.6 Å². The third-order valence-corrected chi connectivity index (χ3v) is 5.07. The molecule has 0 radical (unpaired) electrons. The lowest BCUT2D eigenvalue weighted by Crippen LogP contribution is -2.17. The molecule has 31 heavy (non-hydrogen) atoms. The number of imidazole rings is 1. The molecule has 1 atom stereocenters. The van der Waals surface area contributed by atoms with Gasteiger partial charge in [-0.1, -0.05) is 0 Å². The number of anilines is 1. The van der Waals surface area contributed by atoms with Crippen LogP contribution in [0.1, 0.15) is 24.2 Å². The molecule has 7 nitrogen and oxygen atoms in total. The number of halogens is 2. The van der Waals surface area contributed by atoms with Crippen molar-refractivity contribution in [1.29, 1.82) is 0 Å². The Kier molecular flexibility index (Phi) is 5.66. The summed E-state index contributed by atoms with van der Waals surface area (Å²) in [6.07, 6.45) is 5.87. The number of benzene rings is 1. The second-order valence-corrected chi connectivity index (χ2v) is 7.09. The monoisotopic (exact) mass is 424 g/mol. The summed E-state index contributed by atoms with van der Waals surface area (Å²) in [4.78, 5) is 13.1. The molecule has 160 valence electrons. The van der Waals surface area contributed by atoms with Gasteiger partial charge in [-0.15, -0.1) is 0 Å². The van der Waals surface area contributed by atoms with E-state index in [-0.39, 0.29) is 18.2 Å². The van der Waals surface area contributed by atoms with E-state index in [0.717, 1.165) is 0 Å². The Morgan fingerprint density at radius 1 is 1.32 bits per heavy atom. The Bertz CT molecular complexity index is 1170. The lowest BCUT2D eigenvalue weighted by atomic mass is 10.0. The van der Waals surface area contributed by atoms with Crippen LogP contribution in [0.3, 0.4) is 0 Å². The highest BCUT2D eigenvalue weighted by molar-refractivity contribution is 6.12. The van der Waals surface area contributed by atoms with Gasteiger partial charge in [0.2, 0.25) is 0 Å². The Labute approximate surface area is 178 Å². The Balaban J connectivity index is 1.96. The third kappa shape index (κ3) is 3.98. The molecule has 0 spiro atoms. The summed E-state index contributed by atoms with van der Waals surface area (Å²) in [6.45, 7) is 1.48. The SMILES string of the molecule is CC1Oc2cc(cnc2N)C(=NCCF)C(=CN)Cn2ccnc2-c2ccc(F)cc21. The maximum absolute atomic E-state index is 14.1. The van der Waals surface area contributed by atoms with E-state index in [0.29, 0.717) is 46.1 Å². The summed E-state index contributed by atoms with van der Waals surface area (Å²) in [5.74, 6) is 0.719. The van der Waals surface area contributed by atoms with Gasteiger partial charge in [-0.25, -0.2) is 18.7 Å². The topological polar surface area (TPSA) is 104 Å². The number of aliphatic imine (C=N–C) groups is 1. The molecule has 2 aromatic heterocycles. The van der Waals surface area contributed by atoms with E-state index in [2.05, 4.69) is 15.0 Å². The first-order valence-electron chi connectivity index (χ1n) is 9.77. The maximum atomic E-state index is 14.1. The second kappa shape index (κ2) is 8.55. The Morgan fingerprint density at radius 2 is 2.16 bits per heavy atom. The molecule has 0 amide bonds. The van der Waals surface area contributed by atoms with E-state index in [9.17, 15) is 8.78 Å². The number of allylic oxidation sites excluding steroid dienone is 1. The molecule has 0 fully saturated rings. The normalized spacial score (nSPS) is 18.6. The minimum absolute atomic E-state index is 0.0253. The number of pyridine rings is 1. The van der Waals surface area contributed by atoms with Crippen molar-refractivity contribution in [3.63, 3.8) is 0 Å². The van der Waals surface area contributed by atoms with E-state index < -0.39 is 12.8 Å². The van der Waals surface area contributed by atoms with Crippen molar-refractivity contribution in [2.75, 3.05) is 19.0 Å². The molecule has 4 N–H and O–H groups in total. The van der Waals surface area contributed by atoms with E-state index in [4.69, 9.17) is 16.2 Å². The first kappa shape index (κ1) is 20.5. The second-order valence-electron chi connectivity index (χ2n) is 7.09. The molecular weight excluding hydrogens is 402 g/mol. The number of rotatable bonds is 2.